The summed E-state index contributed by atoms with van der Waals surface area (Å²) in [5.74, 6) is -0.502. The largest absolute Gasteiger partial charge is 0.462 e. The number of amides is 1. The van der Waals surface area contributed by atoms with Crippen molar-refractivity contribution in [2.75, 3.05) is 17.7 Å². The average Bonchev–Trinajstić information content (AvgIpc) is 2.78. The fraction of sp³-hybridized carbons (Fsp3) is 0.304. The number of fused-ring (bicyclic) bond motifs is 1. The summed E-state index contributed by atoms with van der Waals surface area (Å²) in [6.07, 6.45) is 1.54. The molecule has 3 rings (SSSR count). The van der Waals surface area contributed by atoms with Crippen molar-refractivity contribution in [3.05, 3.63) is 64.4 Å². The van der Waals surface area contributed by atoms with Crippen molar-refractivity contribution in [1.29, 1.82) is 0 Å². The Labute approximate surface area is 184 Å². The Balaban J connectivity index is 1.67. The van der Waals surface area contributed by atoms with Gasteiger partial charge in [-0.05, 0) is 49.2 Å². The number of esters is 1. The van der Waals surface area contributed by atoms with E-state index in [9.17, 15) is 14.4 Å². The first-order valence-corrected chi connectivity index (χ1v) is 11.2. The third-order valence-electron chi connectivity index (χ3n) is 4.45. The smallest absolute Gasteiger partial charge is 0.338 e. The SMILES string of the molecule is CCCOC(=O)c1ccc(NC(=O)CSc2nc3ccccc3c(=O)n2CCC)cc1. The Morgan fingerprint density at radius 2 is 1.81 bits per heavy atom. The van der Waals surface area contributed by atoms with Crippen LogP contribution in [0.25, 0.3) is 10.9 Å². The number of carbonyl (C=O) groups excluding carboxylic acids is 2. The molecule has 0 saturated carbocycles. The summed E-state index contributed by atoms with van der Waals surface area (Å²) in [6, 6.07) is 13.8. The zero-order chi connectivity index (χ0) is 22.2. The summed E-state index contributed by atoms with van der Waals surface area (Å²) in [7, 11) is 0. The number of hydrogen-bond donors (Lipinski definition) is 1. The van der Waals surface area contributed by atoms with Gasteiger partial charge in [-0.2, -0.15) is 0 Å². The van der Waals surface area contributed by atoms with Crippen molar-refractivity contribution in [1.82, 2.24) is 9.55 Å². The highest BCUT2D eigenvalue weighted by molar-refractivity contribution is 7.99. The van der Waals surface area contributed by atoms with Crippen LogP contribution < -0.4 is 10.9 Å². The van der Waals surface area contributed by atoms with Crippen LogP contribution in [0, 0.1) is 0 Å². The van der Waals surface area contributed by atoms with Crippen LogP contribution in [0.5, 0.6) is 0 Å². The highest BCUT2D eigenvalue weighted by atomic mass is 32.2. The molecular formula is C23H25N3O4S. The van der Waals surface area contributed by atoms with Gasteiger partial charge in [0.15, 0.2) is 5.16 Å². The normalized spacial score (nSPS) is 10.8. The fourth-order valence-electron chi connectivity index (χ4n) is 2.97. The third-order valence-corrected chi connectivity index (χ3v) is 5.42. The molecule has 1 N–H and O–H groups in total. The Morgan fingerprint density at radius 3 is 2.52 bits per heavy atom. The molecule has 162 valence electrons. The van der Waals surface area contributed by atoms with Gasteiger partial charge in [0.05, 0.1) is 28.8 Å². The molecule has 0 saturated heterocycles. The number of thioether (sulfide) groups is 1. The van der Waals surface area contributed by atoms with Gasteiger partial charge in [-0.1, -0.05) is 37.7 Å². The second-order valence-corrected chi connectivity index (χ2v) is 7.86. The molecule has 3 aromatic rings. The first-order chi connectivity index (χ1) is 15.0. The number of benzene rings is 2. The molecule has 1 heterocycles. The number of rotatable bonds is 9. The van der Waals surface area contributed by atoms with Gasteiger partial charge in [0, 0.05) is 12.2 Å². The Bertz CT molecular complexity index is 1130. The lowest BCUT2D eigenvalue weighted by atomic mass is 10.2. The number of nitrogens with zero attached hydrogens (tertiary/aromatic N) is 2. The van der Waals surface area contributed by atoms with Gasteiger partial charge in [0.2, 0.25) is 5.91 Å². The minimum absolute atomic E-state index is 0.0964. The van der Waals surface area contributed by atoms with Crippen LogP contribution in [0.3, 0.4) is 0 Å². The average molecular weight is 440 g/mol. The monoisotopic (exact) mass is 439 g/mol. The van der Waals surface area contributed by atoms with E-state index >= 15 is 0 Å². The molecule has 8 heteroatoms. The molecule has 0 unspecified atom stereocenters. The number of anilines is 1. The number of para-hydroxylation sites is 1. The number of hydrogen-bond acceptors (Lipinski definition) is 6. The molecule has 0 atom stereocenters. The first-order valence-electron chi connectivity index (χ1n) is 10.2. The molecule has 7 nitrogen and oxygen atoms in total. The second kappa shape index (κ2) is 10.8. The highest BCUT2D eigenvalue weighted by Crippen LogP contribution is 2.19. The maximum atomic E-state index is 12.8. The molecule has 0 spiro atoms. The lowest BCUT2D eigenvalue weighted by Crippen LogP contribution is -2.24. The lowest BCUT2D eigenvalue weighted by Gasteiger charge is -2.12. The number of carbonyl (C=O) groups is 2. The van der Waals surface area contributed by atoms with Crippen LogP contribution in [0.1, 0.15) is 37.0 Å². The van der Waals surface area contributed by atoms with Gasteiger partial charge in [-0.3, -0.25) is 14.2 Å². The van der Waals surface area contributed by atoms with Gasteiger partial charge in [0.1, 0.15) is 0 Å². The fourth-order valence-corrected chi connectivity index (χ4v) is 3.80. The van der Waals surface area contributed by atoms with E-state index < -0.39 is 0 Å². The highest BCUT2D eigenvalue weighted by Gasteiger charge is 2.13. The van der Waals surface area contributed by atoms with E-state index in [1.807, 2.05) is 26.0 Å². The van der Waals surface area contributed by atoms with Crippen molar-refractivity contribution < 1.29 is 14.3 Å². The van der Waals surface area contributed by atoms with Crippen LogP contribution in [0.15, 0.2) is 58.5 Å². The standard InChI is InChI=1S/C23H25N3O4S/c1-3-13-26-21(28)18-7-5-6-8-19(18)25-23(26)31-15-20(27)24-17-11-9-16(10-12-17)22(29)30-14-4-2/h5-12H,3-4,13-15H2,1-2H3,(H,24,27). The molecule has 0 fully saturated rings. The van der Waals surface area contributed by atoms with E-state index in [2.05, 4.69) is 10.3 Å². The van der Waals surface area contributed by atoms with Gasteiger partial charge >= 0.3 is 5.97 Å². The molecule has 2 aromatic carbocycles. The molecule has 0 aliphatic heterocycles. The summed E-state index contributed by atoms with van der Waals surface area (Å²) < 4.78 is 6.71. The summed E-state index contributed by atoms with van der Waals surface area (Å²) in [6.45, 7) is 4.83. The molecule has 0 aliphatic rings. The van der Waals surface area contributed by atoms with E-state index in [1.165, 1.54) is 11.8 Å². The second-order valence-electron chi connectivity index (χ2n) is 6.92. The predicted octanol–water partition coefficient (Wildman–Crippen LogP) is 4.10. The molecular weight excluding hydrogens is 414 g/mol. The molecule has 31 heavy (non-hydrogen) atoms. The lowest BCUT2D eigenvalue weighted by molar-refractivity contribution is -0.113. The van der Waals surface area contributed by atoms with Gasteiger partial charge < -0.3 is 10.1 Å². The number of aromatic nitrogens is 2. The summed E-state index contributed by atoms with van der Waals surface area (Å²) >= 11 is 1.23. The Kier molecular flexibility index (Phi) is 7.83. The van der Waals surface area contributed by atoms with E-state index in [0.29, 0.717) is 40.5 Å². The number of nitrogens with one attached hydrogen (secondary N) is 1. The van der Waals surface area contributed by atoms with Gasteiger partial charge in [-0.15, -0.1) is 0 Å². The van der Waals surface area contributed by atoms with E-state index in [1.54, 1.807) is 41.0 Å². The van der Waals surface area contributed by atoms with Crippen molar-refractivity contribution in [3.8, 4) is 0 Å². The van der Waals surface area contributed by atoms with Crippen LogP contribution in [-0.4, -0.2) is 33.8 Å². The van der Waals surface area contributed by atoms with Crippen LogP contribution >= 0.6 is 11.8 Å². The third kappa shape index (κ3) is 5.73. The van der Waals surface area contributed by atoms with Gasteiger partial charge in [0.25, 0.3) is 5.56 Å². The van der Waals surface area contributed by atoms with Crippen molar-refractivity contribution in [2.45, 2.75) is 38.4 Å². The van der Waals surface area contributed by atoms with Crippen molar-refractivity contribution >= 4 is 40.2 Å². The minimum atomic E-state index is -0.383. The Morgan fingerprint density at radius 1 is 1.06 bits per heavy atom. The maximum absolute atomic E-state index is 12.8. The topological polar surface area (TPSA) is 90.3 Å². The van der Waals surface area contributed by atoms with Crippen molar-refractivity contribution in [3.63, 3.8) is 0 Å². The molecule has 0 radical (unpaired) electrons. The van der Waals surface area contributed by atoms with E-state index in [0.717, 1.165) is 12.8 Å². The predicted molar refractivity (Wildman–Crippen MR) is 123 cm³/mol. The molecule has 0 aliphatic carbocycles. The van der Waals surface area contributed by atoms with Crippen LogP contribution in [0.4, 0.5) is 5.69 Å². The summed E-state index contributed by atoms with van der Waals surface area (Å²) in [5, 5.41) is 3.89. The summed E-state index contributed by atoms with van der Waals surface area (Å²) in [4.78, 5) is 41.7. The van der Waals surface area contributed by atoms with Gasteiger partial charge in [-0.25, -0.2) is 9.78 Å². The molecule has 0 bridgehead atoms. The van der Waals surface area contributed by atoms with Crippen LogP contribution in [-0.2, 0) is 16.1 Å². The quantitative estimate of drug-likeness (QED) is 0.307. The maximum Gasteiger partial charge on any atom is 0.338 e. The zero-order valence-corrected chi connectivity index (χ0v) is 18.4. The van der Waals surface area contributed by atoms with Crippen molar-refractivity contribution in [2.24, 2.45) is 0 Å². The number of ether oxygens (including phenoxy) is 1. The minimum Gasteiger partial charge on any atom is -0.462 e. The Hall–Kier alpha value is -3.13. The first kappa shape index (κ1) is 22.6. The van der Waals surface area contributed by atoms with Crippen LogP contribution in [0.2, 0.25) is 0 Å². The molecule has 1 aromatic heterocycles. The zero-order valence-electron chi connectivity index (χ0n) is 17.6. The summed E-state index contributed by atoms with van der Waals surface area (Å²) in [5.41, 5.74) is 1.54. The molecule has 1 amide bonds. The van der Waals surface area contributed by atoms with E-state index in [-0.39, 0.29) is 23.2 Å². The van der Waals surface area contributed by atoms with E-state index in [4.69, 9.17) is 4.74 Å².